The van der Waals surface area contributed by atoms with Gasteiger partial charge in [-0.25, -0.2) is 0 Å². The molecule has 0 saturated carbocycles. The van der Waals surface area contributed by atoms with Crippen molar-refractivity contribution in [3.05, 3.63) is 24.2 Å². The molecule has 0 bridgehead atoms. The number of hydrogen-bond donors (Lipinski definition) is 1. The molecule has 20 heavy (non-hydrogen) atoms. The van der Waals surface area contributed by atoms with Gasteiger partial charge in [0.1, 0.15) is 17.3 Å². The van der Waals surface area contributed by atoms with Crippen molar-refractivity contribution in [1.29, 1.82) is 0 Å². The van der Waals surface area contributed by atoms with Gasteiger partial charge in [0.05, 0.1) is 12.8 Å². The molecular formula is C15H22N2O3. The minimum absolute atomic E-state index is 0.0466. The van der Waals surface area contributed by atoms with Gasteiger partial charge >= 0.3 is 0 Å². The molecule has 5 heteroatoms. The SMILES string of the molecule is CCC1(C)NC(=O)C(C(C)C)N(Cc2ccco2)C1=O. The van der Waals surface area contributed by atoms with Crippen molar-refractivity contribution in [2.24, 2.45) is 5.92 Å². The van der Waals surface area contributed by atoms with Gasteiger partial charge in [-0.05, 0) is 31.4 Å². The van der Waals surface area contributed by atoms with Gasteiger partial charge in [0.25, 0.3) is 0 Å². The van der Waals surface area contributed by atoms with Gasteiger partial charge in [-0.2, -0.15) is 0 Å². The van der Waals surface area contributed by atoms with Crippen LogP contribution in [0.15, 0.2) is 22.8 Å². The van der Waals surface area contributed by atoms with Crippen molar-refractivity contribution < 1.29 is 14.0 Å². The van der Waals surface area contributed by atoms with Gasteiger partial charge in [-0.3, -0.25) is 9.59 Å². The summed E-state index contributed by atoms with van der Waals surface area (Å²) in [7, 11) is 0. The van der Waals surface area contributed by atoms with Crippen molar-refractivity contribution in [3.63, 3.8) is 0 Å². The largest absolute Gasteiger partial charge is 0.467 e. The summed E-state index contributed by atoms with van der Waals surface area (Å²) in [6.45, 7) is 7.90. The van der Waals surface area contributed by atoms with Crippen LogP contribution in [0.5, 0.6) is 0 Å². The smallest absolute Gasteiger partial charge is 0.249 e. The number of furan rings is 1. The molecule has 110 valence electrons. The first-order valence-electron chi connectivity index (χ1n) is 7.04. The Morgan fingerprint density at radius 3 is 2.65 bits per heavy atom. The topological polar surface area (TPSA) is 62.6 Å². The Hall–Kier alpha value is -1.78. The number of rotatable bonds is 4. The third-order valence-electron chi connectivity index (χ3n) is 3.98. The number of amides is 2. The van der Waals surface area contributed by atoms with E-state index in [2.05, 4.69) is 5.32 Å². The Bertz CT molecular complexity index is 495. The molecule has 0 aliphatic carbocycles. The number of carbonyl (C=O) groups is 2. The van der Waals surface area contributed by atoms with Crippen LogP contribution in [0.3, 0.4) is 0 Å². The molecule has 0 radical (unpaired) electrons. The van der Waals surface area contributed by atoms with Crippen LogP contribution in [0.4, 0.5) is 0 Å². The number of carbonyl (C=O) groups excluding carboxylic acids is 2. The van der Waals surface area contributed by atoms with E-state index in [1.165, 1.54) is 0 Å². The highest BCUT2D eigenvalue weighted by molar-refractivity contribution is 5.99. The predicted molar refractivity (Wildman–Crippen MR) is 74.7 cm³/mol. The monoisotopic (exact) mass is 278 g/mol. The zero-order valence-electron chi connectivity index (χ0n) is 12.5. The highest BCUT2D eigenvalue weighted by atomic mass is 16.3. The molecule has 1 aromatic heterocycles. The maximum absolute atomic E-state index is 12.7. The fourth-order valence-corrected chi connectivity index (χ4v) is 2.63. The molecule has 1 N–H and O–H groups in total. The maximum atomic E-state index is 12.7. The fraction of sp³-hybridized carbons (Fsp3) is 0.600. The number of nitrogens with zero attached hydrogens (tertiary/aromatic N) is 1. The van der Waals surface area contributed by atoms with E-state index in [1.54, 1.807) is 24.2 Å². The summed E-state index contributed by atoms with van der Waals surface area (Å²) in [6.07, 6.45) is 2.14. The van der Waals surface area contributed by atoms with Crippen LogP contribution in [0.25, 0.3) is 0 Å². The molecule has 2 amide bonds. The van der Waals surface area contributed by atoms with Crippen LogP contribution in [-0.2, 0) is 16.1 Å². The standard InChI is InChI=1S/C15H22N2O3/c1-5-15(4)14(19)17(9-11-7-6-8-20-11)12(10(2)3)13(18)16-15/h6-8,10,12H,5,9H2,1-4H3,(H,16,18). The number of hydrogen-bond acceptors (Lipinski definition) is 3. The normalized spacial score (nSPS) is 27.1. The summed E-state index contributed by atoms with van der Waals surface area (Å²) in [6, 6.07) is 3.15. The summed E-state index contributed by atoms with van der Waals surface area (Å²) in [4.78, 5) is 26.7. The number of nitrogens with one attached hydrogen (secondary N) is 1. The Morgan fingerprint density at radius 2 is 2.15 bits per heavy atom. The van der Waals surface area contributed by atoms with E-state index in [9.17, 15) is 9.59 Å². The van der Waals surface area contributed by atoms with Crippen molar-refractivity contribution in [2.75, 3.05) is 0 Å². The van der Waals surface area contributed by atoms with Gasteiger partial charge in [0, 0.05) is 0 Å². The van der Waals surface area contributed by atoms with E-state index in [0.717, 1.165) is 0 Å². The minimum atomic E-state index is -0.824. The maximum Gasteiger partial charge on any atom is 0.249 e. The molecule has 1 aromatic rings. The minimum Gasteiger partial charge on any atom is -0.467 e. The van der Waals surface area contributed by atoms with Crippen LogP contribution >= 0.6 is 0 Å². The molecule has 2 heterocycles. The summed E-state index contributed by atoms with van der Waals surface area (Å²) in [5.41, 5.74) is -0.824. The first-order chi connectivity index (χ1) is 9.39. The van der Waals surface area contributed by atoms with Gasteiger partial charge in [0.15, 0.2) is 0 Å². The average Bonchev–Trinajstić information content (AvgIpc) is 2.88. The van der Waals surface area contributed by atoms with Gasteiger partial charge in [0.2, 0.25) is 11.8 Å². The van der Waals surface area contributed by atoms with E-state index in [0.29, 0.717) is 18.7 Å². The zero-order valence-corrected chi connectivity index (χ0v) is 12.5. The molecule has 5 nitrogen and oxygen atoms in total. The van der Waals surface area contributed by atoms with Crippen LogP contribution in [0.2, 0.25) is 0 Å². The Balaban J connectivity index is 2.34. The van der Waals surface area contributed by atoms with Crippen molar-refractivity contribution in [1.82, 2.24) is 10.2 Å². The van der Waals surface area contributed by atoms with Crippen molar-refractivity contribution >= 4 is 11.8 Å². The lowest BCUT2D eigenvalue weighted by molar-refractivity contribution is -0.157. The third kappa shape index (κ3) is 2.44. The van der Waals surface area contributed by atoms with Crippen molar-refractivity contribution in [3.8, 4) is 0 Å². The highest BCUT2D eigenvalue weighted by Gasteiger charge is 2.48. The predicted octanol–water partition coefficient (Wildman–Crippen LogP) is 1.93. The molecule has 1 aliphatic rings. The lowest BCUT2D eigenvalue weighted by Crippen LogP contribution is -2.69. The van der Waals surface area contributed by atoms with E-state index in [1.807, 2.05) is 26.8 Å². The molecule has 0 aromatic carbocycles. The highest BCUT2D eigenvalue weighted by Crippen LogP contribution is 2.26. The van der Waals surface area contributed by atoms with E-state index < -0.39 is 11.6 Å². The fourth-order valence-electron chi connectivity index (χ4n) is 2.63. The summed E-state index contributed by atoms with van der Waals surface area (Å²) < 4.78 is 5.32. The second-order valence-corrected chi connectivity index (χ2v) is 5.88. The van der Waals surface area contributed by atoms with Crippen molar-refractivity contribution in [2.45, 2.75) is 52.2 Å². The van der Waals surface area contributed by atoms with Gasteiger partial charge in [-0.1, -0.05) is 20.8 Å². The first kappa shape index (κ1) is 14.6. The lowest BCUT2D eigenvalue weighted by Gasteiger charge is -2.45. The van der Waals surface area contributed by atoms with Crippen LogP contribution in [0, 0.1) is 5.92 Å². The lowest BCUT2D eigenvalue weighted by atomic mass is 9.88. The third-order valence-corrected chi connectivity index (χ3v) is 3.98. The average molecular weight is 278 g/mol. The summed E-state index contributed by atoms with van der Waals surface area (Å²) in [5, 5.41) is 2.87. The first-order valence-corrected chi connectivity index (χ1v) is 7.04. The molecule has 1 aliphatic heterocycles. The molecule has 2 atom stereocenters. The summed E-state index contributed by atoms with van der Waals surface area (Å²) in [5.74, 6) is 0.609. The second-order valence-electron chi connectivity index (χ2n) is 5.88. The van der Waals surface area contributed by atoms with E-state index in [4.69, 9.17) is 4.42 Å². The Kier molecular flexibility index (Phi) is 3.88. The van der Waals surface area contributed by atoms with Gasteiger partial charge in [-0.15, -0.1) is 0 Å². The second kappa shape index (κ2) is 5.31. The van der Waals surface area contributed by atoms with Gasteiger partial charge < -0.3 is 14.6 Å². The van der Waals surface area contributed by atoms with Crippen LogP contribution in [0.1, 0.15) is 39.9 Å². The van der Waals surface area contributed by atoms with E-state index in [-0.39, 0.29) is 17.7 Å². The molecule has 2 unspecified atom stereocenters. The summed E-state index contributed by atoms with van der Waals surface area (Å²) >= 11 is 0. The number of piperazine rings is 1. The quantitative estimate of drug-likeness (QED) is 0.915. The van der Waals surface area contributed by atoms with E-state index >= 15 is 0 Å². The van der Waals surface area contributed by atoms with Crippen LogP contribution in [-0.4, -0.2) is 28.3 Å². The molecule has 2 rings (SSSR count). The molecule has 1 saturated heterocycles. The Labute approximate surface area is 119 Å². The molecular weight excluding hydrogens is 256 g/mol. The van der Waals surface area contributed by atoms with Crippen LogP contribution < -0.4 is 5.32 Å². The molecule has 1 fully saturated rings. The molecule has 0 spiro atoms. The Morgan fingerprint density at radius 1 is 1.45 bits per heavy atom. The zero-order chi connectivity index (χ0) is 14.9.